The molecule has 3 rings (SSSR count). The number of amides is 2. The number of rotatable bonds is 8. The smallest absolute Gasteiger partial charge is 0.303 e. The lowest BCUT2D eigenvalue weighted by Crippen LogP contribution is -2.49. The lowest BCUT2D eigenvalue weighted by Gasteiger charge is -2.26. The summed E-state index contributed by atoms with van der Waals surface area (Å²) in [4.78, 5) is 34.0. The van der Waals surface area contributed by atoms with Gasteiger partial charge < -0.3 is 15.7 Å². The van der Waals surface area contributed by atoms with Crippen molar-refractivity contribution in [2.24, 2.45) is 0 Å². The second-order valence-electron chi connectivity index (χ2n) is 8.61. The third-order valence-electron chi connectivity index (χ3n) is 5.00. The Hall–Kier alpha value is -4.00. The first-order chi connectivity index (χ1) is 16.6. The summed E-state index contributed by atoms with van der Waals surface area (Å²) < 4.78 is 13.0. The molecule has 0 aliphatic rings. The fourth-order valence-electron chi connectivity index (χ4n) is 3.29. The lowest BCUT2D eigenvalue weighted by molar-refractivity contribution is -0.136. The van der Waals surface area contributed by atoms with E-state index < -0.39 is 11.5 Å². The molecule has 3 N–H and O–H groups in total. The Morgan fingerprint density at radius 2 is 1.40 bits per heavy atom. The zero-order chi connectivity index (χ0) is 25.8. The molecule has 6 nitrogen and oxygen atoms in total. The highest BCUT2D eigenvalue weighted by atomic mass is 19.1. The zero-order valence-corrected chi connectivity index (χ0v) is 20.2. The van der Waals surface area contributed by atoms with Crippen LogP contribution in [0.3, 0.4) is 0 Å². The zero-order valence-electron chi connectivity index (χ0n) is 20.2. The van der Waals surface area contributed by atoms with E-state index in [1.165, 1.54) is 12.1 Å². The van der Waals surface area contributed by atoms with Crippen LogP contribution < -0.4 is 10.6 Å². The average molecular weight is 479 g/mol. The van der Waals surface area contributed by atoms with E-state index in [0.717, 1.165) is 16.7 Å². The standard InChI is InChI=1S/C25H25FN2O2.C3H6O2/c1-25(2,16-18-8-14-22(26)15-9-18)28-23(29)17-27-24(30)21-12-10-20(11-13-21)19-6-4-3-5-7-19;1-2-3(4)5/h3-15H,16-17H2,1-2H3,(H,27,30)(H,28,29);2H2,1H3,(H,4,5). The maximum absolute atomic E-state index is 13.0. The van der Waals surface area contributed by atoms with Crippen molar-refractivity contribution in [3.63, 3.8) is 0 Å². The van der Waals surface area contributed by atoms with Gasteiger partial charge in [0.25, 0.3) is 5.91 Å². The minimum atomic E-state index is -0.745. The van der Waals surface area contributed by atoms with E-state index in [1.807, 2.05) is 56.3 Å². The molecular weight excluding hydrogens is 447 g/mol. The number of nitrogens with one attached hydrogen (secondary N) is 2. The van der Waals surface area contributed by atoms with Crippen LogP contribution in [0.4, 0.5) is 4.39 Å². The SMILES string of the molecule is CC(C)(Cc1ccc(F)cc1)NC(=O)CNC(=O)c1ccc(-c2ccccc2)cc1.CCC(=O)O. The average Bonchev–Trinajstić information content (AvgIpc) is 2.84. The van der Waals surface area contributed by atoms with Crippen LogP contribution in [0, 0.1) is 5.82 Å². The Kier molecular flexibility index (Phi) is 10.1. The predicted octanol–water partition coefficient (Wildman–Crippen LogP) is 4.84. The molecule has 0 aliphatic carbocycles. The number of benzene rings is 3. The molecule has 0 bridgehead atoms. The van der Waals surface area contributed by atoms with Gasteiger partial charge in [0.2, 0.25) is 5.91 Å². The van der Waals surface area contributed by atoms with E-state index >= 15 is 0 Å². The topological polar surface area (TPSA) is 95.5 Å². The van der Waals surface area contributed by atoms with Crippen LogP contribution in [0.15, 0.2) is 78.9 Å². The van der Waals surface area contributed by atoms with Crippen molar-refractivity contribution in [3.05, 3.63) is 95.8 Å². The molecule has 2 amide bonds. The summed E-state index contributed by atoms with van der Waals surface area (Å²) in [5, 5.41) is 13.3. The van der Waals surface area contributed by atoms with Crippen molar-refractivity contribution in [2.75, 3.05) is 6.54 Å². The van der Waals surface area contributed by atoms with Gasteiger partial charge >= 0.3 is 5.97 Å². The van der Waals surface area contributed by atoms with E-state index in [-0.39, 0.29) is 30.6 Å². The van der Waals surface area contributed by atoms with E-state index in [9.17, 15) is 18.8 Å². The Morgan fingerprint density at radius 1 is 0.857 bits per heavy atom. The van der Waals surface area contributed by atoms with Crippen molar-refractivity contribution < 1.29 is 23.9 Å². The number of hydrogen-bond donors (Lipinski definition) is 3. The van der Waals surface area contributed by atoms with Crippen molar-refractivity contribution >= 4 is 17.8 Å². The van der Waals surface area contributed by atoms with Crippen LogP contribution in [0.1, 0.15) is 43.1 Å². The lowest BCUT2D eigenvalue weighted by atomic mass is 9.95. The summed E-state index contributed by atoms with van der Waals surface area (Å²) in [7, 11) is 0. The first kappa shape index (κ1) is 27.2. The van der Waals surface area contributed by atoms with Crippen molar-refractivity contribution in [2.45, 2.75) is 39.2 Å². The number of hydrogen-bond acceptors (Lipinski definition) is 3. The van der Waals surface area contributed by atoms with E-state index in [2.05, 4.69) is 10.6 Å². The van der Waals surface area contributed by atoms with Crippen LogP contribution in [-0.4, -0.2) is 35.0 Å². The number of halogens is 1. The minimum Gasteiger partial charge on any atom is -0.481 e. The van der Waals surface area contributed by atoms with E-state index in [4.69, 9.17) is 5.11 Å². The minimum absolute atomic E-state index is 0.119. The molecule has 35 heavy (non-hydrogen) atoms. The monoisotopic (exact) mass is 478 g/mol. The Balaban J connectivity index is 0.000000784. The highest BCUT2D eigenvalue weighted by Gasteiger charge is 2.21. The van der Waals surface area contributed by atoms with Gasteiger partial charge in [0, 0.05) is 17.5 Å². The molecule has 0 fully saturated rings. The Bertz CT molecular complexity index is 1110. The molecule has 184 valence electrons. The molecule has 0 spiro atoms. The van der Waals surface area contributed by atoms with Crippen LogP contribution >= 0.6 is 0 Å². The molecule has 3 aromatic carbocycles. The molecular formula is C28H31FN2O4. The Morgan fingerprint density at radius 3 is 1.94 bits per heavy atom. The van der Waals surface area contributed by atoms with Crippen molar-refractivity contribution in [1.82, 2.24) is 10.6 Å². The van der Waals surface area contributed by atoms with E-state index in [1.54, 1.807) is 31.2 Å². The van der Waals surface area contributed by atoms with Gasteiger partial charge in [0.05, 0.1) is 6.54 Å². The quantitative estimate of drug-likeness (QED) is 0.432. The molecule has 7 heteroatoms. The largest absolute Gasteiger partial charge is 0.481 e. The molecule has 0 aromatic heterocycles. The molecule has 3 aromatic rings. The molecule has 0 atom stereocenters. The van der Waals surface area contributed by atoms with Gasteiger partial charge in [-0.1, -0.05) is 61.5 Å². The molecule has 0 saturated carbocycles. The number of carboxylic acids is 1. The van der Waals surface area contributed by atoms with Crippen LogP contribution in [0.2, 0.25) is 0 Å². The third kappa shape index (κ3) is 9.80. The summed E-state index contributed by atoms with van der Waals surface area (Å²) in [6.07, 6.45) is 0.772. The first-order valence-electron chi connectivity index (χ1n) is 11.3. The second-order valence-corrected chi connectivity index (χ2v) is 8.61. The summed E-state index contributed by atoms with van der Waals surface area (Å²) >= 11 is 0. The van der Waals surface area contributed by atoms with Crippen LogP contribution in [0.5, 0.6) is 0 Å². The van der Waals surface area contributed by atoms with Crippen molar-refractivity contribution in [1.29, 1.82) is 0 Å². The summed E-state index contributed by atoms with van der Waals surface area (Å²) in [5.41, 5.74) is 2.98. The third-order valence-corrected chi connectivity index (χ3v) is 5.00. The fraction of sp³-hybridized carbons (Fsp3) is 0.250. The maximum atomic E-state index is 13.0. The fourth-order valence-corrected chi connectivity index (χ4v) is 3.29. The van der Waals surface area contributed by atoms with E-state index in [0.29, 0.717) is 12.0 Å². The molecule has 0 saturated heterocycles. The van der Waals surface area contributed by atoms with Gasteiger partial charge in [0.15, 0.2) is 0 Å². The van der Waals surface area contributed by atoms with Gasteiger partial charge in [-0.15, -0.1) is 0 Å². The summed E-state index contributed by atoms with van der Waals surface area (Å²) in [6, 6.07) is 23.4. The van der Waals surface area contributed by atoms with Crippen LogP contribution in [0.25, 0.3) is 11.1 Å². The normalized spacial score (nSPS) is 10.5. The van der Waals surface area contributed by atoms with Gasteiger partial charge in [-0.3, -0.25) is 14.4 Å². The summed E-state index contributed by atoms with van der Waals surface area (Å²) in [6.45, 7) is 5.26. The van der Waals surface area contributed by atoms with Gasteiger partial charge in [-0.2, -0.15) is 0 Å². The van der Waals surface area contributed by atoms with Crippen molar-refractivity contribution in [3.8, 4) is 11.1 Å². The highest BCUT2D eigenvalue weighted by Crippen LogP contribution is 2.19. The number of aliphatic carboxylic acids is 1. The molecule has 0 heterocycles. The summed E-state index contributed by atoms with van der Waals surface area (Å²) in [5.74, 6) is -1.62. The number of carbonyl (C=O) groups is 3. The van der Waals surface area contributed by atoms with Gasteiger partial charge in [-0.05, 0) is 61.2 Å². The van der Waals surface area contributed by atoms with Gasteiger partial charge in [-0.25, -0.2) is 4.39 Å². The number of carboxylic acid groups (broad SMARTS) is 1. The Labute approximate surface area is 205 Å². The predicted molar refractivity (Wildman–Crippen MR) is 134 cm³/mol. The molecule has 0 unspecified atom stereocenters. The second kappa shape index (κ2) is 13.0. The van der Waals surface area contributed by atoms with Crippen LogP contribution in [-0.2, 0) is 16.0 Å². The number of carbonyl (C=O) groups excluding carboxylic acids is 2. The highest BCUT2D eigenvalue weighted by molar-refractivity contribution is 5.96. The van der Waals surface area contributed by atoms with Gasteiger partial charge in [0.1, 0.15) is 5.82 Å². The first-order valence-corrected chi connectivity index (χ1v) is 11.3. The molecule has 0 aliphatic heterocycles. The maximum Gasteiger partial charge on any atom is 0.303 e. The molecule has 0 radical (unpaired) electrons.